The average Bonchev–Trinajstić information content (AvgIpc) is 3.11. The molecule has 180 valence electrons. The summed E-state index contributed by atoms with van der Waals surface area (Å²) < 4.78 is 16.6. The maximum Gasteiger partial charge on any atom is 0.293 e. The molecule has 0 saturated carbocycles. The van der Waals surface area contributed by atoms with E-state index in [9.17, 15) is 14.4 Å². The highest BCUT2D eigenvalue weighted by Crippen LogP contribution is 2.34. The third-order valence-electron chi connectivity index (χ3n) is 4.98. The van der Waals surface area contributed by atoms with Gasteiger partial charge >= 0.3 is 0 Å². The van der Waals surface area contributed by atoms with E-state index in [0.29, 0.717) is 40.7 Å². The smallest absolute Gasteiger partial charge is 0.293 e. The Morgan fingerprint density at radius 1 is 1.12 bits per heavy atom. The van der Waals surface area contributed by atoms with Crippen LogP contribution in [0.1, 0.15) is 25.8 Å². The number of carbonyl (C=O) groups excluding carboxylic acids is 3. The van der Waals surface area contributed by atoms with Crippen LogP contribution in [-0.4, -0.2) is 54.9 Å². The van der Waals surface area contributed by atoms with Gasteiger partial charge in [-0.1, -0.05) is 31.2 Å². The van der Waals surface area contributed by atoms with Crippen LogP contribution in [0, 0.1) is 0 Å². The molecule has 0 aliphatic carbocycles. The van der Waals surface area contributed by atoms with Gasteiger partial charge in [-0.15, -0.1) is 0 Å². The van der Waals surface area contributed by atoms with E-state index in [0.717, 1.165) is 16.7 Å². The Hall–Kier alpha value is -3.46. The van der Waals surface area contributed by atoms with Crippen molar-refractivity contribution in [3.8, 4) is 17.2 Å². The standard InChI is InChI=1S/C25H28N2O6S/c1-4-19(33-18-9-7-6-8-10-18)23(28)26-13-14-27-24(29)22(34-25(27)30)16-17-11-12-20(32-5-2)21(15-17)31-3/h6-12,15-16,19H,4-5,13-14H2,1-3H3,(H,26,28)/b22-16-. The molecule has 1 aliphatic heterocycles. The molecule has 3 amide bonds. The fraction of sp³-hybridized carbons (Fsp3) is 0.320. The Bertz CT molecular complexity index is 1060. The van der Waals surface area contributed by atoms with Gasteiger partial charge in [0.1, 0.15) is 5.75 Å². The lowest BCUT2D eigenvalue weighted by atomic mass is 10.2. The predicted octanol–water partition coefficient (Wildman–Crippen LogP) is 4.10. The average molecular weight is 485 g/mol. The van der Waals surface area contributed by atoms with Crippen LogP contribution in [0.3, 0.4) is 0 Å². The molecule has 1 aliphatic rings. The molecule has 9 heteroatoms. The first-order valence-corrected chi connectivity index (χ1v) is 11.8. The molecule has 0 spiro atoms. The molecule has 1 heterocycles. The Morgan fingerprint density at radius 3 is 2.56 bits per heavy atom. The zero-order chi connectivity index (χ0) is 24.5. The first-order chi connectivity index (χ1) is 16.5. The molecule has 1 saturated heterocycles. The zero-order valence-electron chi connectivity index (χ0n) is 19.4. The minimum absolute atomic E-state index is 0.0715. The third-order valence-corrected chi connectivity index (χ3v) is 5.89. The summed E-state index contributed by atoms with van der Waals surface area (Å²) in [5.41, 5.74) is 0.711. The minimum atomic E-state index is -0.660. The van der Waals surface area contributed by atoms with Crippen LogP contribution >= 0.6 is 11.8 Å². The van der Waals surface area contributed by atoms with E-state index in [4.69, 9.17) is 14.2 Å². The van der Waals surface area contributed by atoms with Gasteiger partial charge in [0.2, 0.25) is 0 Å². The lowest BCUT2D eigenvalue weighted by Crippen LogP contribution is -2.42. The molecule has 0 aromatic heterocycles. The number of thioether (sulfide) groups is 1. The minimum Gasteiger partial charge on any atom is -0.493 e. The first kappa shape index (κ1) is 25.2. The van der Waals surface area contributed by atoms with Gasteiger partial charge in [-0.25, -0.2) is 0 Å². The van der Waals surface area contributed by atoms with Gasteiger partial charge < -0.3 is 19.5 Å². The highest BCUT2D eigenvalue weighted by atomic mass is 32.2. The van der Waals surface area contributed by atoms with Crippen LogP contribution in [0.25, 0.3) is 6.08 Å². The van der Waals surface area contributed by atoms with Crippen molar-refractivity contribution in [3.63, 3.8) is 0 Å². The molecule has 8 nitrogen and oxygen atoms in total. The summed E-state index contributed by atoms with van der Waals surface area (Å²) in [5, 5.41) is 2.37. The van der Waals surface area contributed by atoms with Gasteiger partial charge in [0, 0.05) is 13.1 Å². The largest absolute Gasteiger partial charge is 0.493 e. The van der Waals surface area contributed by atoms with Crippen molar-refractivity contribution >= 4 is 34.9 Å². The van der Waals surface area contributed by atoms with Crippen molar-refractivity contribution in [2.45, 2.75) is 26.4 Å². The second kappa shape index (κ2) is 12.1. The Kier molecular flexibility index (Phi) is 8.98. The summed E-state index contributed by atoms with van der Waals surface area (Å²) >= 11 is 0.865. The zero-order valence-corrected chi connectivity index (χ0v) is 20.2. The van der Waals surface area contributed by atoms with Gasteiger partial charge in [-0.05, 0) is 61.0 Å². The highest BCUT2D eigenvalue weighted by Gasteiger charge is 2.35. The number of ether oxygens (including phenoxy) is 3. The lowest BCUT2D eigenvalue weighted by Gasteiger charge is -2.18. The summed E-state index contributed by atoms with van der Waals surface area (Å²) in [6, 6.07) is 14.4. The Morgan fingerprint density at radius 2 is 1.88 bits per heavy atom. The van der Waals surface area contributed by atoms with Crippen molar-refractivity contribution in [1.82, 2.24) is 10.2 Å². The quantitative estimate of drug-likeness (QED) is 0.480. The maximum atomic E-state index is 12.8. The third kappa shape index (κ3) is 6.32. The van der Waals surface area contributed by atoms with Crippen LogP contribution in [0.15, 0.2) is 53.4 Å². The van der Waals surface area contributed by atoms with Crippen molar-refractivity contribution in [3.05, 3.63) is 59.0 Å². The molecule has 2 aromatic carbocycles. The molecule has 3 rings (SSSR count). The predicted molar refractivity (Wildman–Crippen MR) is 131 cm³/mol. The fourth-order valence-corrected chi connectivity index (χ4v) is 4.15. The van der Waals surface area contributed by atoms with E-state index in [-0.39, 0.29) is 24.2 Å². The normalized spacial score (nSPS) is 15.4. The van der Waals surface area contributed by atoms with Gasteiger partial charge in [0.05, 0.1) is 18.6 Å². The number of carbonyl (C=O) groups is 3. The molecule has 0 bridgehead atoms. The van der Waals surface area contributed by atoms with Gasteiger partial charge in [0.15, 0.2) is 17.6 Å². The molecule has 0 radical (unpaired) electrons. The number of benzene rings is 2. The molecule has 1 atom stereocenters. The molecule has 1 unspecified atom stereocenters. The monoisotopic (exact) mass is 484 g/mol. The Balaban J connectivity index is 1.58. The number of para-hydroxylation sites is 1. The van der Waals surface area contributed by atoms with Crippen molar-refractivity contribution < 1.29 is 28.6 Å². The molecular weight excluding hydrogens is 456 g/mol. The van der Waals surface area contributed by atoms with Gasteiger partial charge in [0.25, 0.3) is 17.1 Å². The summed E-state index contributed by atoms with van der Waals surface area (Å²) in [6.07, 6.45) is 1.46. The lowest BCUT2D eigenvalue weighted by molar-refractivity contribution is -0.128. The first-order valence-electron chi connectivity index (χ1n) is 11.0. The number of hydrogen-bond acceptors (Lipinski definition) is 7. The van der Waals surface area contributed by atoms with E-state index >= 15 is 0 Å². The number of methoxy groups -OCH3 is 1. The SMILES string of the molecule is CCOc1ccc(/C=C2\SC(=O)N(CCNC(=O)C(CC)Oc3ccccc3)C2=O)cc1OC. The van der Waals surface area contributed by atoms with Crippen molar-refractivity contribution in [2.75, 3.05) is 26.8 Å². The van der Waals surface area contributed by atoms with Gasteiger partial charge in [-0.2, -0.15) is 0 Å². The number of amides is 3. The van der Waals surface area contributed by atoms with Crippen molar-refractivity contribution in [2.24, 2.45) is 0 Å². The molecule has 1 fully saturated rings. The summed E-state index contributed by atoms with van der Waals surface area (Å²) in [5.74, 6) is 1.06. The molecular formula is C25H28N2O6S. The van der Waals surface area contributed by atoms with Crippen LogP contribution in [-0.2, 0) is 9.59 Å². The molecule has 2 aromatic rings. The van der Waals surface area contributed by atoms with Crippen LogP contribution in [0.5, 0.6) is 17.2 Å². The summed E-state index contributed by atoms with van der Waals surface area (Å²) in [4.78, 5) is 39.1. The highest BCUT2D eigenvalue weighted by molar-refractivity contribution is 8.18. The fourth-order valence-electron chi connectivity index (χ4n) is 3.28. The van der Waals surface area contributed by atoms with E-state index in [1.807, 2.05) is 32.0 Å². The van der Waals surface area contributed by atoms with Crippen LogP contribution in [0.2, 0.25) is 0 Å². The summed E-state index contributed by atoms with van der Waals surface area (Å²) in [7, 11) is 1.54. The summed E-state index contributed by atoms with van der Waals surface area (Å²) in [6.45, 7) is 4.44. The van der Waals surface area contributed by atoms with Gasteiger partial charge in [-0.3, -0.25) is 19.3 Å². The number of imide groups is 1. The number of rotatable bonds is 11. The van der Waals surface area contributed by atoms with E-state index in [2.05, 4.69) is 5.32 Å². The topological polar surface area (TPSA) is 94.2 Å². The number of nitrogens with one attached hydrogen (secondary N) is 1. The van der Waals surface area contributed by atoms with E-state index in [1.165, 1.54) is 7.11 Å². The second-order valence-electron chi connectivity index (χ2n) is 7.30. The second-order valence-corrected chi connectivity index (χ2v) is 8.29. The van der Waals surface area contributed by atoms with Crippen LogP contribution in [0.4, 0.5) is 4.79 Å². The van der Waals surface area contributed by atoms with E-state index < -0.39 is 12.0 Å². The molecule has 34 heavy (non-hydrogen) atoms. The van der Waals surface area contributed by atoms with Crippen LogP contribution < -0.4 is 19.5 Å². The molecule has 1 N–H and O–H groups in total. The van der Waals surface area contributed by atoms with Crippen molar-refractivity contribution in [1.29, 1.82) is 0 Å². The Labute approximate surface area is 203 Å². The maximum absolute atomic E-state index is 12.8. The number of hydrogen-bond donors (Lipinski definition) is 1. The number of nitrogens with zero attached hydrogens (tertiary/aromatic N) is 1. The van der Waals surface area contributed by atoms with E-state index in [1.54, 1.807) is 36.4 Å².